The highest BCUT2D eigenvalue weighted by molar-refractivity contribution is 5.85. The summed E-state index contributed by atoms with van der Waals surface area (Å²) < 4.78 is 0. The SMILES string of the molecule is C=C1CC[C@@H](C(=O)O)[C@H]1N.Cl. The van der Waals surface area contributed by atoms with Crippen molar-refractivity contribution < 1.29 is 9.90 Å². The molecule has 0 aliphatic heterocycles. The molecule has 1 rings (SSSR count). The standard InChI is InChI=1S/C7H11NO2.ClH/c1-4-2-3-5(6(4)8)7(9)10;/h5-6H,1-3,8H2,(H,9,10);1H/t5-,6+;/m1./s1. The lowest BCUT2D eigenvalue weighted by molar-refractivity contribution is -0.141. The van der Waals surface area contributed by atoms with E-state index in [1.54, 1.807) is 0 Å². The van der Waals surface area contributed by atoms with E-state index in [-0.39, 0.29) is 18.4 Å². The van der Waals surface area contributed by atoms with E-state index >= 15 is 0 Å². The average molecular weight is 178 g/mol. The molecule has 2 atom stereocenters. The third-order valence-electron chi connectivity index (χ3n) is 2.00. The second-order valence-corrected chi connectivity index (χ2v) is 2.67. The summed E-state index contributed by atoms with van der Waals surface area (Å²) in [6, 6.07) is -0.322. The van der Waals surface area contributed by atoms with Crippen LogP contribution in [-0.2, 0) is 4.79 Å². The predicted molar refractivity (Wildman–Crippen MR) is 44.7 cm³/mol. The van der Waals surface area contributed by atoms with Gasteiger partial charge in [0.15, 0.2) is 0 Å². The van der Waals surface area contributed by atoms with Crippen LogP contribution in [0.15, 0.2) is 12.2 Å². The number of hydrogen-bond donors (Lipinski definition) is 2. The predicted octanol–water partition coefficient (Wildman–Crippen LogP) is 0.786. The van der Waals surface area contributed by atoms with Gasteiger partial charge in [0.2, 0.25) is 0 Å². The minimum atomic E-state index is -0.800. The van der Waals surface area contributed by atoms with Crippen LogP contribution >= 0.6 is 12.4 Å². The van der Waals surface area contributed by atoms with Gasteiger partial charge in [-0.25, -0.2) is 0 Å². The zero-order valence-electron chi connectivity index (χ0n) is 6.12. The molecule has 0 aromatic carbocycles. The van der Waals surface area contributed by atoms with Crippen molar-refractivity contribution >= 4 is 18.4 Å². The van der Waals surface area contributed by atoms with Gasteiger partial charge < -0.3 is 10.8 Å². The maximum atomic E-state index is 10.4. The Morgan fingerprint density at radius 3 is 2.45 bits per heavy atom. The van der Waals surface area contributed by atoms with Crippen LogP contribution in [0.4, 0.5) is 0 Å². The van der Waals surface area contributed by atoms with Gasteiger partial charge in [-0.3, -0.25) is 4.79 Å². The molecule has 3 nitrogen and oxygen atoms in total. The summed E-state index contributed by atoms with van der Waals surface area (Å²) in [5.41, 5.74) is 6.41. The monoisotopic (exact) mass is 177 g/mol. The highest BCUT2D eigenvalue weighted by atomic mass is 35.5. The van der Waals surface area contributed by atoms with Crippen molar-refractivity contribution in [2.45, 2.75) is 18.9 Å². The Morgan fingerprint density at radius 2 is 2.27 bits per heavy atom. The molecule has 0 amide bonds. The summed E-state index contributed by atoms with van der Waals surface area (Å²) in [5, 5.41) is 8.58. The first-order valence-corrected chi connectivity index (χ1v) is 3.29. The molecule has 0 saturated heterocycles. The molecule has 0 heterocycles. The molecule has 1 aliphatic carbocycles. The van der Waals surface area contributed by atoms with Crippen LogP contribution in [0, 0.1) is 5.92 Å². The number of nitrogens with two attached hydrogens (primary N) is 1. The molecule has 0 spiro atoms. The molecular weight excluding hydrogens is 166 g/mol. The maximum Gasteiger partial charge on any atom is 0.308 e. The average Bonchev–Trinajstić information content (AvgIpc) is 2.14. The number of hydrogen-bond acceptors (Lipinski definition) is 2. The Morgan fingerprint density at radius 1 is 1.73 bits per heavy atom. The molecule has 0 aromatic rings. The summed E-state index contributed by atoms with van der Waals surface area (Å²) in [7, 11) is 0. The van der Waals surface area contributed by atoms with Crippen molar-refractivity contribution in [1.29, 1.82) is 0 Å². The van der Waals surface area contributed by atoms with E-state index in [4.69, 9.17) is 10.8 Å². The van der Waals surface area contributed by atoms with E-state index in [0.717, 1.165) is 12.0 Å². The van der Waals surface area contributed by atoms with Gasteiger partial charge in [0, 0.05) is 6.04 Å². The van der Waals surface area contributed by atoms with Crippen LogP contribution in [0.1, 0.15) is 12.8 Å². The molecule has 0 unspecified atom stereocenters. The van der Waals surface area contributed by atoms with Gasteiger partial charge in [-0.15, -0.1) is 12.4 Å². The van der Waals surface area contributed by atoms with Crippen molar-refractivity contribution in [2.24, 2.45) is 11.7 Å². The molecule has 0 aromatic heterocycles. The normalized spacial score (nSPS) is 29.7. The van der Waals surface area contributed by atoms with Gasteiger partial charge in [0.05, 0.1) is 5.92 Å². The van der Waals surface area contributed by atoms with Gasteiger partial charge in [-0.2, -0.15) is 0 Å². The van der Waals surface area contributed by atoms with Gasteiger partial charge in [0.25, 0.3) is 0 Å². The lowest BCUT2D eigenvalue weighted by Gasteiger charge is -2.09. The first-order valence-electron chi connectivity index (χ1n) is 3.29. The highest BCUT2D eigenvalue weighted by Gasteiger charge is 2.32. The molecule has 1 fully saturated rings. The molecule has 11 heavy (non-hydrogen) atoms. The van der Waals surface area contributed by atoms with Crippen LogP contribution in [0.25, 0.3) is 0 Å². The van der Waals surface area contributed by atoms with E-state index < -0.39 is 11.9 Å². The Hall–Kier alpha value is -0.540. The third kappa shape index (κ3) is 1.94. The molecule has 0 bridgehead atoms. The lowest BCUT2D eigenvalue weighted by atomic mass is 10.0. The number of carboxylic acids is 1. The summed E-state index contributed by atoms with van der Waals surface area (Å²) >= 11 is 0. The fourth-order valence-electron chi connectivity index (χ4n) is 1.25. The van der Waals surface area contributed by atoms with Crippen molar-refractivity contribution in [3.63, 3.8) is 0 Å². The van der Waals surface area contributed by atoms with Gasteiger partial charge in [-0.1, -0.05) is 12.2 Å². The number of halogens is 1. The third-order valence-corrected chi connectivity index (χ3v) is 2.00. The van der Waals surface area contributed by atoms with Gasteiger partial charge in [0.1, 0.15) is 0 Å². The fourth-order valence-corrected chi connectivity index (χ4v) is 1.25. The number of carboxylic acid groups (broad SMARTS) is 1. The van der Waals surface area contributed by atoms with E-state index in [1.807, 2.05) is 0 Å². The summed E-state index contributed by atoms with van der Waals surface area (Å²) in [6.45, 7) is 3.68. The molecule has 64 valence electrons. The van der Waals surface area contributed by atoms with Crippen LogP contribution in [0.3, 0.4) is 0 Å². The van der Waals surface area contributed by atoms with Crippen LogP contribution in [0.5, 0.6) is 0 Å². The number of rotatable bonds is 1. The first-order chi connectivity index (χ1) is 4.63. The molecule has 1 saturated carbocycles. The Labute approximate surface area is 71.7 Å². The minimum Gasteiger partial charge on any atom is -0.481 e. The second kappa shape index (κ2) is 3.74. The first kappa shape index (κ1) is 10.5. The van der Waals surface area contributed by atoms with Crippen molar-refractivity contribution in [1.82, 2.24) is 0 Å². The maximum absolute atomic E-state index is 10.4. The number of carbonyl (C=O) groups is 1. The molecule has 4 heteroatoms. The summed E-state index contributed by atoms with van der Waals surface area (Å²) in [4.78, 5) is 10.4. The zero-order chi connectivity index (χ0) is 7.72. The quantitative estimate of drug-likeness (QED) is 0.582. The Balaban J connectivity index is 0.000001000. The Bertz CT molecular complexity index is 181. The molecule has 1 aliphatic rings. The Kier molecular flexibility index (Phi) is 3.55. The highest BCUT2D eigenvalue weighted by Crippen LogP contribution is 2.27. The molecule has 0 radical (unpaired) electrons. The fraction of sp³-hybridized carbons (Fsp3) is 0.571. The van der Waals surface area contributed by atoms with Crippen LogP contribution in [0.2, 0.25) is 0 Å². The van der Waals surface area contributed by atoms with E-state index in [1.165, 1.54) is 0 Å². The zero-order valence-corrected chi connectivity index (χ0v) is 6.93. The van der Waals surface area contributed by atoms with Crippen LogP contribution < -0.4 is 5.73 Å². The largest absolute Gasteiger partial charge is 0.481 e. The lowest BCUT2D eigenvalue weighted by Crippen LogP contribution is -2.31. The smallest absolute Gasteiger partial charge is 0.308 e. The van der Waals surface area contributed by atoms with E-state index in [0.29, 0.717) is 6.42 Å². The van der Waals surface area contributed by atoms with Gasteiger partial charge >= 0.3 is 5.97 Å². The van der Waals surface area contributed by atoms with Crippen LogP contribution in [-0.4, -0.2) is 17.1 Å². The second-order valence-electron chi connectivity index (χ2n) is 2.67. The van der Waals surface area contributed by atoms with E-state index in [9.17, 15) is 4.79 Å². The molecular formula is C7H12ClNO2. The van der Waals surface area contributed by atoms with Crippen molar-refractivity contribution in [2.75, 3.05) is 0 Å². The van der Waals surface area contributed by atoms with E-state index in [2.05, 4.69) is 6.58 Å². The topological polar surface area (TPSA) is 63.3 Å². The summed E-state index contributed by atoms with van der Waals surface area (Å²) in [6.07, 6.45) is 1.41. The van der Waals surface area contributed by atoms with Crippen molar-refractivity contribution in [3.8, 4) is 0 Å². The summed E-state index contributed by atoms with van der Waals surface area (Å²) in [5.74, 6) is -1.20. The molecule has 3 N–H and O–H groups in total. The minimum absolute atomic E-state index is 0. The van der Waals surface area contributed by atoms with Gasteiger partial charge in [-0.05, 0) is 12.8 Å². The van der Waals surface area contributed by atoms with Crippen molar-refractivity contribution in [3.05, 3.63) is 12.2 Å². The number of aliphatic carboxylic acids is 1.